The minimum Gasteiger partial charge on any atom is -0.463 e. The van der Waals surface area contributed by atoms with Gasteiger partial charge < -0.3 is 43.0 Å². The van der Waals surface area contributed by atoms with Crippen LogP contribution in [0.3, 0.4) is 0 Å². The van der Waals surface area contributed by atoms with E-state index in [0.717, 1.165) is 142 Å². The smallest absolute Gasteiger partial charge is 0.306 e. The van der Waals surface area contributed by atoms with Crippen LogP contribution in [-0.4, -0.2) is 124 Å². The van der Waals surface area contributed by atoms with Crippen LogP contribution in [0.25, 0.3) is 0 Å². The van der Waals surface area contributed by atoms with Gasteiger partial charge in [0.1, 0.15) is 19.3 Å². The van der Waals surface area contributed by atoms with Crippen molar-refractivity contribution in [1.82, 2.24) is 9.80 Å². The van der Waals surface area contributed by atoms with E-state index in [1.54, 1.807) is 4.90 Å². The SMILES string of the molecule is CCCCCCCCOC(CCCCC(=O)OCC(COC(=O)CCCCC(OCCCCCCCC)OCCCCCCCC)N(CCCN1CCCCC1)C(=O)CCC(=O)OC(CCC)CCCCCC)OCCCCCCCC. The highest BCUT2D eigenvalue weighted by molar-refractivity contribution is 5.82. The van der Waals surface area contributed by atoms with E-state index in [9.17, 15) is 19.2 Å². The van der Waals surface area contributed by atoms with Gasteiger partial charge in [-0.05, 0) is 122 Å². The fraction of sp³-hybridized carbons (Fsp3) is 0.942. The summed E-state index contributed by atoms with van der Waals surface area (Å²) >= 11 is 0. The molecule has 1 rings (SSSR count). The second kappa shape index (κ2) is 59.0. The van der Waals surface area contributed by atoms with Gasteiger partial charge in [0.15, 0.2) is 12.6 Å². The Morgan fingerprint density at radius 1 is 0.378 bits per heavy atom. The number of unbranched alkanes of at least 4 members (excludes halogenated alkanes) is 25. The van der Waals surface area contributed by atoms with Gasteiger partial charge in [-0.15, -0.1) is 0 Å². The minimum absolute atomic E-state index is 0.0400. The van der Waals surface area contributed by atoms with Crippen LogP contribution in [0.5, 0.6) is 0 Å². The van der Waals surface area contributed by atoms with Crippen molar-refractivity contribution in [3.63, 3.8) is 0 Å². The zero-order valence-electron chi connectivity index (χ0n) is 54.6. The van der Waals surface area contributed by atoms with Crippen LogP contribution in [0.1, 0.15) is 330 Å². The molecule has 1 aliphatic heterocycles. The Morgan fingerprint density at radius 2 is 0.768 bits per heavy atom. The molecule has 1 atom stereocenters. The zero-order chi connectivity index (χ0) is 59.6. The molecule has 82 heavy (non-hydrogen) atoms. The molecule has 1 aliphatic rings. The van der Waals surface area contributed by atoms with Crippen molar-refractivity contribution in [2.75, 3.05) is 65.8 Å². The Morgan fingerprint density at radius 3 is 1.18 bits per heavy atom. The van der Waals surface area contributed by atoms with Gasteiger partial charge in [0, 0.05) is 52.2 Å². The molecule has 1 amide bonds. The first-order valence-electron chi connectivity index (χ1n) is 35.2. The quantitative estimate of drug-likeness (QED) is 0.0248. The molecule has 0 spiro atoms. The molecule has 0 saturated carbocycles. The number of likely N-dealkylation sites (tertiary alicyclic amines) is 1. The van der Waals surface area contributed by atoms with E-state index < -0.39 is 6.04 Å². The van der Waals surface area contributed by atoms with Crippen LogP contribution in [0.4, 0.5) is 0 Å². The van der Waals surface area contributed by atoms with Gasteiger partial charge in [0.25, 0.3) is 0 Å². The van der Waals surface area contributed by atoms with Crippen molar-refractivity contribution in [2.45, 2.75) is 355 Å². The molecule has 0 aliphatic carbocycles. The summed E-state index contributed by atoms with van der Waals surface area (Å²) in [6, 6.07) is -0.713. The van der Waals surface area contributed by atoms with Crippen LogP contribution >= 0.6 is 0 Å². The first kappa shape index (κ1) is 77.7. The van der Waals surface area contributed by atoms with Crippen molar-refractivity contribution in [3.05, 3.63) is 0 Å². The molecular formula is C69H132N2O11. The first-order chi connectivity index (χ1) is 40.2. The number of amides is 1. The number of piperidine rings is 1. The zero-order valence-corrected chi connectivity index (χ0v) is 54.6. The first-order valence-corrected chi connectivity index (χ1v) is 35.2. The van der Waals surface area contributed by atoms with Crippen molar-refractivity contribution in [2.24, 2.45) is 0 Å². The Bertz CT molecular complexity index is 1330. The van der Waals surface area contributed by atoms with Crippen molar-refractivity contribution < 1.29 is 52.3 Å². The van der Waals surface area contributed by atoms with Gasteiger partial charge in [0.2, 0.25) is 5.91 Å². The lowest BCUT2D eigenvalue weighted by Gasteiger charge is -2.33. The number of ether oxygens (including phenoxy) is 7. The maximum atomic E-state index is 14.5. The van der Waals surface area contributed by atoms with E-state index in [-0.39, 0.29) is 81.4 Å². The Hall–Kier alpha value is -2.32. The second-order valence-electron chi connectivity index (χ2n) is 24.0. The predicted molar refractivity (Wildman–Crippen MR) is 337 cm³/mol. The van der Waals surface area contributed by atoms with Crippen LogP contribution in [0.2, 0.25) is 0 Å². The molecule has 13 heteroatoms. The average Bonchev–Trinajstić information content (AvgIpc) is 3.48. The lowest BCUT2D eigenvalue weighted by molar-refractivity contribution is -0.156. The highest BCUT2D eigenvalue weighted by Crippen LogP contribution is 2.20. The third-order valence-electron chi connectivity index (χ3n) is 16.1. The summed E-state index contributed by atoms with van der Waals surface area (Å²) in [6.07, 6.45) is 43.8. The van der Waals surface area contributed by atoms with E-state index in [4.69, 9.17) is 33.2 Å². The number of nitrogens with zero attached hydrogens (tertiary/aromatic N) is 2. The Kier molecular flexibility index (Phi) is 55.9. The Labute approximate surface area is 505 Å². The van der Waals surface area contributed by atoms with Crippen LogP contribution < -0.4 is 0 Å². The summed E-state index contributed by atoms with van der Waals surface area (Å²) in [7, 11) is 0. The normalized spacial score (nSPS) is 13.4. The maximum absolute atomic E-state index is 14.5. The van der Waals surface area contributed by atoms with Gasteiger partial charge in [-0.1, -0.05) is 202 Å². The summed E-state index contributed by atoms with van der Waals surface area (Å²) in [5, 5.41) is 0. The summed E-state index contributed by atoms with van der Waals surface area (Å²) in [6.45, 7) is 19.0. The van der Waals surface area contributed by atoms with Crippen LogP contribution in [-0.2, 0) is 52.3 Å². The van der Waals surface area contributed by atoms with E-state index >= 15 is 0 Å². The van der Waals surface area contributed by atoms with Crippen molar-refractivity contribution in [3.8, 4) is 0 Å². The molecule has 0 aromatic carbocycles. The summed E-state index contributed by atoms with van der Waals surface area (Å²) < 4.78 is 43.1. The lowest BCUT2D eigenvalue weighted by atomic mass is 10.1. The minimum atomic E-state index is -0.713. The largest absolute Gasteiger partial charge is 0.463 e. The van der Waals surface area contributed by atoms with Gasteiger partial charge in [-0.2, -0.15) is 0 Å². The topological polar surface area (TPSA) is 139 Å². The highest BCUT2D eigenvalue weighted by Gasteiger charge is 2.28. The number of hydrogen-bond donors (Lipinski definition) is 0. The summed E-state index contributed by atoms with van der Waals surface area (Å²) in [4.78, 5) is 59.1. The van der Waals surface area contributed by atoms with E-state index in [1.165, 1.54) is 109 Å². The molecule has 0 radical (unpaired) electrons. The number of rotatable bonds is 62. The molecule has 0 bridgehead atoms. The van der Waals surface area contributed by atoms with Crippen molar-refractivity contribution in [1.29, 1.82) is 0 Å². The fourth-order valence-corrected chi connectivity index (χ4v) is 10.9. The average molecular weight is 1170 g/mol. The summed E-state index contributed by atoms with van der Waals surface area (Å²) in [5.41, 5.74) is 0. The number of carbonyl (C=O) groups is 4. The van der Waals surface area contributed by atoms with E-state index in [0.29, 0.717) is 65.1 Å². The molecule has 0 aromatic rings. The molecule has 0 N–H and O–H groups in total. The molecule has 13 nitrogen and oxygen atoms in total. The van der Waals surface area contributed by atoms with E-state index in [1.807, 2.05) is 0 Å². The molecule has 1 fully saturated rings. The fourth-order valence-electron chi connectivity index (χ4n) is 10.9. The molecule has 1 unspecified atom stereocenters. The number of carbonyl (C=O) groups excluding carboxylic acids is 4. The third-order valence-corrected chi connectivity index (χ3v) is 16.1. The maximum Gasteiger partial charge on any atom is 0.306 e. The highest BCUT2D eigenvalue weighted by atomic mass is 16.7. The van der Waals surface area contributed by atoms with Gasteiger partial charge in [-0.25, -0.2) is 0 Å². The Balaban J connectivity index is 3.14. The standard InChI is InChI=1S/C69H132N2O11/c1-7-13-18-23-27-39-56-76-68(77-57-40-28-24-19-14-8-2)48-35-33-46-65(73)80-60-62(61-81-66(74)47-34-36-49-69(78-58-41-29-25-20-15-9-3)79-59-42-30-26-21-16-10-4)71(55-43-54-70-52-37-31-38-53-70)64(72)50-51-67(75)82-63(44-12-6)45-32-22-17-11-5/h62-63,68-69H,7-61H2,1-6H3. The number of hydrogen-bond acceptors (Lipinski definition) is 12. The van der Waals surface area contributed by atoms with Gasteiger partial charge in [0.05, 0.1) is 12.5 Å². The molecule has 484 valence electrons. The van der Waals surface area contributed by atoms with Gasteiger partial charge >= 0.3 is 17.9 Å². The summed E-state index contributed by atoms with van der Waals surface area (Å²) in [5.74, 6) is -1.31. The number of esters is 3. The van der Waals surface area contributed by atoms with Crippen LogP contribution in [0, 0.1) is 0 Å². The van der Waals surface area contributed by atoms with E-state index in [2.05, 4.69) is 46.4 Å². The van der Waals surface area contributed by atoms with Crippen LogP contribution in [0.15, 0.2) is 0 Å². The third kappa shape index (κ3) is 47.9. The van der Waals surface area contributed by atoms with Gasteiger partial charge in [-0.3, -0.25) is 19.2 Å². The predicted octanol–water partition coefficient (Wildman–Crippen LogP) is 17.9. The molecular weight excluding hydrogens is 1030 g/mol. The molecule has 0 aromatic heterocycles. The van der Waals surface area contributed by atoms with Crippen molar-refractivity contribution >= 4 is 23.8 Å². The monoisotopic (exact) mass is 1160 g/mol. The lowest BCUT2D eigenvalue weighted by Crippen LogP contribution is -2.47. The molecule has 1 saturated heterocycles. The molecule has 1 heterocycles. The second-order valence-corrected chi connectivity index (χ2v) is 24.0.